The average molecular weight is 270 g/mol. The van der Waals surface area contributed by atoms with Crippen LogP contribution in [0.15, 0.2) is 24.3 Å². The molecule has 1 aromatic rings. The van der Waals surface area contributed by atoms with Crippen LogP contribution in [0.2, 0.25) is 0 Å². The van der Waals surface area contributed by atoms with Gasteiger partial charge in [0, 0.05) is 6.54 Å². The topological polar surface area (TPSA) is 21.3 Å². The van der Waals surface area contributed by atoms with Gasteiger partial charge in [-0.25, -0.2) is 0 Å². The van der Waals surface area contributed by atoms with E-state index < -0.39 is 0 Å². The van der Waals surface area contributed by atoms with Crippen LogP contribution in [0.5, 0.6) is 0 Å². The van der Waals surface area contributed by atoms with Gasteiger partial charge in [0.05, 0.1) is 12.7 Å². The normalized spacial score (nSPS) is 19.6. The highest BCUT2D eigenvalue weighted by Crippen LogP contribution is 2.16. The molecule has 1 aliphatic heterocycles. The van der Waals surface area contributed by atoms with Crippen molar-refractivity contribution in [3.63, 3.8) is 0 Å². The fraction of sp³-hybridized carbons (Fsp3) is 0.600. The summed E-state index contributed by atoms with van der Waals surface area (Å²) in [7, 11) is 0. The van der Waals surface area contributed by atoms with Crippen molar-refractivity contribution in [3.8, 4) is 0 Å². The molecule has 1 saturated heterocycles. The van der Waals surface area contributed by atoms with Gasteiger partial charge in [-0.15, -0.1) is 12.4 Å². The first kappa shape index (κ1) is 15.5. The molecule has 1 N–H and O–H groups in total. The smallest absolute Gasteiger partial charge is 0.0721 e. The minimum atomic E-state index is 0. The van der Waals surface area contributed by atoms with Crippen molar-refractivity contribution >= 4 is 12.4 Å². The van der Waals surface area contributed by atoms with Crippen molar-refractivity contribution in [2.24, 2.45) is 0 Å². The third kappa shape index (κ3) is 4.60. The lowest BCUT2D eigenvalue weighted by molar-refractivity contribution is 0.0253. The van der Waals surface area contributed by atoms with E-state index in [4.69, 9.17) is 4.74 Å². The van der Waals surface area contributed by atoms with Crippen molar-refractivity contribution in [1.82, 2.24) is 5.32 Å². The van der Waals surface area contributed by atoms with Gasteiger partial charge >= 0.3 is 0 Å². The van der Waals surface area contributed by atoms with Crippen LogP contribution in [0.25, 0.3) is 0 Å². The summed E-state index contributed by atoms with van der Waals surface area (Å²) in [6, 6.07) is 8.79. The van der Waals surface area contributed by atoms with Gasteiger partial charge in [0.25, 0.3) is 0 Å². The molecule has 0 aliphatic carbocycles. The van der Waals surface area contributed by atoms with E-state index in [-0.39, 0.29) is 12.4 Å². The van der Waals surface area contributed by atoms with E-state index in [0.717, 1.165) is 19.7 Å². The summed E-state index contributed by atoms with van der Waals surface area (Å²) in [5, 5.41) is 3.37. The molecule has 0 saturated carbocycles. The zero-order valence-electron chi connectivity index (χ0n) is 11.3. The highest BCUT2D eigenvalue weighted by molar-refractivity contribution is 5.85. The first-order valence-electron chi connectivity index (χ1n) is 6.67. The number of ether oxygens (including phenoxy) is 1. The van der Waals surface area contributed by atoms with Crippen LogP contribution < -0.4 is 5.32 Å². The Balaban J connectivity index is 0.00000162. The highest BCUT2D eigenvalue weighted by atomic mass is 35.5. The molecule has 2 nitrogen and oxygen atoms in total. The summed E-state index contributed by atoms with van der Waals surface area (Å²) in [5.41, 5.74) is 2.67. The lowest BCUT2D eigenvalue weighted by atomic mass is 10.0. The van der Waals surface area contributed by atoms with E-state index >= 15 is 0 Å². The van der Waals surface area contributed by atoms with Crippen molar-refractivity contribution in [2.75, 3.05) is 13.1 Å². The second kappa shape index (κ2) is 7.78. The van der Waals surface area contributed by atoms with Gasteiger partial charge < -0.3 is 10.1 Å². The van der Waals surface area contributed by atoms with E-state index in [1.165, 1.54) is 24.0 Å². The van der Waals surface area contributed by atoms with Crippen molar-refractivity contribution in [2.45, 2.75) is 45.3 Å². The number of rotatable bonds is 4. The molecule has 3 heteroatoms. The van der Waals surface area contributed by atoms with E-state index in [0.29, 0.717) is 12.0 Å². The molecule has 1 atom stereocenters. The Labute approximate surface area is 117 Å². The summed E-state index contributed by atoms with van der Waals surface area (Å²) >= 11 is 0. The summed E-state index contributed by atoms with van der Waals surface area (Å²) in [6.07, 6.45) is 2.82. The molecule has 0 spiro atoms. The highest BCUT2D eigenvalue weighted by Gasteiger charge is 2.12. The molecule has 0 bridgehead atoms. The number of benzene rings is 1. The third-order valence-corrected chi connectivity index (χ3v) is 3.38. The molecule has 0 aromatic heterocycles. The van der Waals surface area contributed by atoms with Crippen LogP contribution in [-0.4, -0.2) is 19.2 Å². The van der Waals surface area contributed by atoms with Gasteiger partial charge in [-0.3, -0.25) is 0 Å². The van der Waals surface area contributed by atoms with Gasteiger partial charge in [0.2, 0.25) is 0 Å². The molecule has 1 aromatic carbocycles. The van der Waals surface area contributed by atoms with E-state index in [9.17, 15) is 0 Å². The van der Waals surface area contributed by atoms with Crippen LogP contribution in [-0.2, 0) is 11.3 Å². The minimum absolute atomic E-state index is 0. The molecule has 0 radical (unpaired) electrons. The van der Waals surface area contributed by atoms with Gasteiger partial charge in [0.1, 0.15) is 0 Å². The maximum absolute atomic E-state index is 5.91. The summed E-state index contributed by atoms with van der Waals surface area (Å²) in [5.74, 6) is 0.604. The van der Waals surface area contributed by atoms with Gasteiger partial charge in [-0.1, -0.05) is 38.1 Å². The molecular formula is C15H24ClNO. The standard InChI is InChI=1S/C15H23NO.ClH/c1-12(2)14-7-5-13(6-8-14)11-17-15-4-3-9-16-10-15;/h5-8,12,15-16H,3-4,9-11H2,1-2H3;1H. The number of nitrogens with one attached hydrogen (secondary N) is 1. The van der Waals surface area contributed by atoms with Crippen LogP contribution in [0.4, 0.5) is 0 Å². The number of piperidine rings is 1. The Bertz CT molecular complexity index is 331. The molecule has 18 heavy (non-hydrogen) atoms. The lowest BCUT2D eigenvalue weighted by Crippen LogP contribution is -2.35. The maximum atomic E-state index is 5.91. The van der Waals surface area contributed by atoms with Crippen LogP contribution in [0, 0.1) is 0 Å². The third-order valence-electron chi connectivity index (χ3n) is 3.38. The molecule has 1 heterocycles. The molecule has 2 rings (SSSR count). The van der Waals surface area contributed by atoms with Gasteiger partial charge in [0.15, 0.2) is 0 Å². The van der Waals surface area contributed by atoms with Crippen LogP contribution >= 0.6 is 12.4 Å². The molecule has 1 unspecified atom stereocenters. The van der Waals surface area contributed by atoms with Gasteiger partial charge in [-0.2, -0.15) is 0 Å². The second-order valence-electron chi connectivity index (χ2n) is 5.18. The lowest BCUT2D eigenvalue weighted by Gasteiger charge is -2.23. The first-order valence-corrected chi connectivity index (χ1v) is 6.67. The first-order chi connectivity index (χ1) is 8.25. The number of halogens is 1. The van der Waals surface area contributed by atoms with Gasteiger partial charge in [-0.05, 0) is 36.4 Å². The predicted octanol–water partition coefficient (Wildman–Crippen LogP) is 3.50. The largest absolute Gasteiger partial charge is 0.372 e. The fourth-order valence-electron chi connectivity index (χ4n) is 2.17. The number of hydrogen-bond acceptors (Lipinski definition) is 2. The van der Waals surface area contributed by atoms with Crippen molar-refractivity contribution in [3.05, 3.63) is 35.4 Å². The molecule has 1 fully saturated rings. The quantitative estimate of drug-likeness (QED) is 0.903. The molecule has 1 aliphatic rings. The fourth-order valence-corrected chi connectivity index (χ4v) is 2.17. The number of hydrogen-bond donors (Lipinski definition) is 1. The Hall–Kier alpha value is -0.570. The zero-order valence-corrected chi connectivity index (χ0v) is 12.1. The summed E-state index contributed by atoms with van der Waals surface area (Å²) in [4.78, 5) is 0. The van der Waals surface area contributed by atoms with E-state index in [1.54, 1.807) is 0 Å². The van der Waals surface area contributed by atoms with Crippen LogP contribution in [0.1, 0.15) is 43.7 Å². The Morgan fingerprint density at radius 2 is 2.00 bits per heavy atom. The summed E-state index contributed by atoms with van der Waals surface area (Å²) < 4.78 is 5.91. The predicted molar refractivity (Wildman–Crippen MR) is 78.5 cm³/mol. The van der Waals surface area contributed by atoms with Crippen molar-refractivity contribution in [1.29, 1.82) is 0 Å². The van der Waals surface area contributed by atoms with E-state index in [1.807, 2.05) is 0 Å². The Morgan fingerprint density at radius 1 is 1.28 bits per heavy atom. The van der Waals surface area contributed by atoms with E-state index in [2.05, 4.69) is 43.4 Å². The SMILES string of the molecule is CC(C)c1ccc(COC2CCCNC2)cc1.Cl. The van der Waals surface area contributed by atoms with Crippen LogP contribution in [0.3, 0.4) is 0 Å². The molecule has 0 amide bonds. The average Bonchev–Trinajstić information content (AvgIpc) is 2.38. The summed E-state index contributed by atoms with van der Waals surface area (Å²) in [6.45, 7) is 7.33. The minimum Gasteiger partial charge on any atom is -0.372 e. The molecular weight excluding hydrogens is 246 g/mol. The maximum Gasteiger partial charge on any atom is 0.0721 e. The zero-order chi connectivity index (χ0) is 12.1. The second-order valence-corrected chi connectivity index (χ2v) is 5.18. The van der Waals surface area contributed by atoms with Crippen molar-refractivity contribution < 1.29 is 4.74 Å². The molecule has 102 valence electrons. The Kier molecular flexibility index (Phi) is 6.69. The Morgan fingerprint density at radius 3 is 2.56 bits per heavy atom. The monoisotopic (exact) mass is 269 g/mol.